The van der Waals surface area contributed by atoms with E-state index in [9.17, 15) is 9.59 Å². The number of hydrazine groups is 1. The number of pyridine rings is 1. The molecule has 2 aromatic carbocycles. The number of nitrogens with zero attached hydrogens (tertiary/aromatic N) is 1. The van der Waals surface area contributed by atoms with E-state index >= 15 is 0 Å². The molecule has 0 atom stereocenters. The Morgan fingerprint density at radius 3 is 2.46 bits per heavy atom. The van der Waals surface area contributed by atoms with Gasteiger partial charge in [-0.15, -0.1) is 0 Å². The summed E-state index contributed by atoms with van der Waals surface area (Å²) < 4.78 is 5.18. The summed E-state index contributed by atoms with van der Waals surface area (Å²) in [5.41, 5.74) is 7.29. The van der Waals surface area contributed by atoms with Gasteiger partial charge in [0.1, 0.15) is 5.75 Å². The molecule has 1 heterocycles. The van der Waals surface area contributed by atoms with E-state index in [1.807, 2.05) is 30.3 Å². The number of benzene rings is 2. The van der Waals surface area contributed by atoms with Crippen molar-refractivity contribution in [1.82, 2.24) is 15.8 Å². The predicted molar refractivity (Wildman–Crippen MR) is 107 cm³/mol. The number of methoxy groups -OCH3 is 1. The maximum absolute atomic E-state index is 12.8. The highest BCUT2D eigenvalue weighted by molar-refractivity contribution is 6.31. The van der Waals surface area contributed by atoms with Gasteiger partial charge in [-0.1, -0.05) is 29.8 Å². The highest BCUT2D eigenvalue weighted by Crippen LogP contribution is 2.40. The Kier molecular flexibility index (Phi) is 4.88. The average molecular weight is 396 g/mol. The van der Waals surface area contributed by atoms with E-state index in [0.717, 1.165) is 29.4 Å². The fourth-order valence-corrected chi connectivity index (χ4v) is 3.25. The number of hydrogen-bond acceptors (Lipinski definition) is 4. The molecular formula is C21H18ClN3O3. The fraction of sp³-hybridized carbons (Fsp3) is 0.190. The number of amides is 2. The van der Waals surface area contributed by atoms with Gasteiger partial charge in [0.2, 0.25) is 0 Å². The van der Waals surface area contributed by atoms with Crippen LogP contribution >= 0.6 is 11.6 Å². The number of para-hydroxylation sites is 1. The topological polar surface area (TPSA) is 80.3 Å². The molecular weight excluding hydrogens is 378 g/mol. The van der Waals surface area contributed by atoms with Crippen LogP contribution in [0.15, 0.2) is 48.5 Å². The van der Waals surface area contributed by atoms with Crippen molar-refractivity contribution in [3.63, 3.8) is 0 Å². The van der Waals surface area contributed by atoms with Crippen molar-refractivity contribution in [2.75, 3.05) is 7.11 Å². The van der Waals surface area contributed by atoms with Crippen LogP contribution in [0.3, 0.4) is 0 Å². The van der Waals surface area contributed by atoms with Crippen LogP contribution in [0, 0.1) is 0 Å². The molecule has 0 saturated heterocycles. The molecule has 1 fully saturated rings. The van der Waals surface area contributed by atoms with Crippen LogP contribution in [0.1, 0.15) is 45.2 Å². The van der Waals surface area contributed by atoms with Crippen molar-refractivity contribution in [2.45, 2.75) is 18.8 Å². The van der Waals surface area contributed by atoms with E-state index in [-0.39, 0.29) is 5.56 Å². The van der Waals surface area contributed by atoms with Crippen LogP contribution in [0.25, 0.3) is 10.9 Å². The Hall–Kier alpha value is -3.12. The number of ether oxygens (including phenoxy) is 1. The van der Waals surface area contributed by atoms with E-state index in [1.165, 1.54) is 13.2 Å². The van der Waals surface area contributed by atoms with Crippen LogP contribution in [-0.4, -0.2) is 23.9 Å². The quantitative estimate of drug-likeness (QED) is 0.657. The fourth-order valence-electron chi connectivity index (χ4n) is 3.08. The van der Waals surface area contributed by atoms with Gasteiger partial charge >= 0.3 is 0 Å². The number of aromatic nitrogens is 1. The Morgan fingerprint density at radius 1 is 1.04 bits per heavy atom. The van der Waals surface area contributed by atoms with E-state index in [1.54, 1.807) is 12.1 Å². The van der Waals surface area contributed by atoms with Gasteiger partial charge in [-0.2, -0.15) is 0 Å². The molecule has 1 aliphatic rings. The lowest BCUT2D eigenvalue weighted by Gasteiger charge is -2.12. The minimum absolute atomic E-state index is 0.230. The third-order valence-electron chi connectivity index (χ3n) is 4.67. The Labute approximate surface area is 166 Å². The molecule has 6 nitrogen and oxygen atoms in total. The molecule has 4 rings (SSSR count). The molecule has 2 N–H and O–H groups in total. The first-order valence-corrected chi connectivity index (χ1v) is 9.28. The maximum Gasteiger partial charge on any atom is 0.273 e. The molecule has 1 aliphatic carbocycles. The van der Waals surface area contributed by atoms with E-state index in [2.05, 4.69) is 15.8 Å². The molecule has 0 spiro atoms. The Bertz CT molecular complexity index is 1080. The van der Waals surface area contributed by atoms with Crippen molar-refractivity contribution in [2.24, 2.45) is 0 Å². The summed E-state index contributed by atoms with van der Waals surface area (Å²) in [5.74, 6) is -0.161. The van der Waals surface area contributed by atoms with Gasteiger partial charge in [0.25, 0.3) is 11.8 Å². The van der Waals surface area contributed by atoms with Crippen LogP contribution in [0.5, 0.6) is 5.75 Å². The molecule has 142 valence electrons. The lowest BCUT2D eigenvalue weighted by molar-refractivity contribution is 0.0845. The van der Waals surface area contributed by atoms with Gasteiger partial charge in [0.05, 0.1) is 23.8 Å². The van der Waals surface area contributed by atoms with Crippen LogP contribution in [-0.2, 0) is 0 Å². The van der Waals surface area contributed by atoms with Crippen molar-refractivity contribution < 1.29 is 14.3 Å². The van der Waals surface area contributed by atoms with E-state index < -0.39 is 11.8 Å². The molecule has 0 radical (unpaired) electrons. The minimum atomic E-state index is -0.520. The largest absolute Gasteiger partial charge is 0.496 e. The van der Waals surface area contributed by atoms with Crippen LogP contribution in [0.2, 0.25) is 5.02 Å². The van der Waals surface area contributed by atoms with Gasteiger partial charge in [-0.25, -0.2) is 0 Å². The van der Waals surface area contributed by atoms with Crippen LogP contribution < -0.4 is 15.6 Å². The zero-order valence-electron chi connectivity index (χ0n) is 15.2. The summed E-state index contributed by atoms with van der Waals surface area (Å²) in [6.07, 6.45) is 2.16. The molecule has 3 aromatic rings. The molecule has 28 heavy (non-hydrogen) atoms. The lowest BCUT2D eigenvalue weighted by atomic mass is 10.1. The number of rotatable bonds is 4. The lowest BCUT2D eigenvalue weighted by Crippen LogP contribution is -2.41. The second kappa shape index (κ2) is 7.48. The van der Waals surface area contributed by atoms with Gasteiger partial charge in [0, 0.05) is 22.0 Å². The van der Waals surface area contributed by atoms with Crippen molar-refractivity contribution in [1.29, 1.82) is 0 Å². The molecule has 1 saturated carbocycles. The molecule has 0 unspecified atom stereocenters. The number of halogens is 1. The normalized spacial score (nSPS) is 13.2. The summed E-state index contributed by atoms with van der Waals surface area (Å²) in [5, 5.41) is 1.13. The smallest absolute Gasteiger partial charge is 0.273 e. The summed E-state index contributed by atoms with van der Waals surface area (Å²) in [6, 6.07) is 14.0. The second-order valence-corrected chi connectivity index (χ2v) is 7.08. The van der Waals surface area contributed by atoms with Gasteiger partial charge < -0.3 is 4.74 Å². The standard InChI is InChI=1S/C21H18ClN3O3/c1-28-19-9-8-13(22)10-16(19)21(27)25-24-20(26)15-11-18(12-6-7-12)23-17-5-3-2-4-14(15)17/h2-5,8-12H,6-7H2,1H3,(H,24,26)(H,25,27). The number of nitrogens with one attached hydrogen (secondary N) is 2. The highest BCUT2D eigenvalue weighted by atomic mass is 35.5. The molecule has 7 heteroatoms. The first-order chi connectivity index (χ1) is 13.6. The van der Waals surface area contributed by atoms with Crippen molar-refractivity contribution >= 4 is 34.3 Å². The molecule has 0 bridgehead atoms. The number of carbonyl (C=O) groups excluding carboxylic acids is 2. The monoisotopic (exact) mass is 395 g/mol. The third-order valence-corrected chi connectivity index (χ3v) is 4.91. The zero-order chi connectivity index (χ0) is 19.7. The summed E-state index contributed by atoms with van der Waals surface area (Å²) in [7, 11) is 1.46. The number of fused-ring (bicyclic) bond motifs is 1. The van der Waals surface area contributed by atoms with Gasteiger partial charge in [-0.05, 0) is 43.2 Å². The van der Waals surface area contributed by atoms with E-state index in [0.29, 0.717) is 22.3 Å². The van der Waals surface area contributed by atoms with Gasteiger partial charge in [-0.3, -0.25) is 25.4 Å². The zero-order valence-corrected chi connectivity index (χ0v) is 15.9. The SMILES string of the molecule is COc1ccc(Cl)cc1C(=O)NNC(=O)c1cc(C2CC2)nc2ccccc12. The Balaban J connectivity index is 1.57. The summed E-state index contributed by atoms with van der Waals surface area (Å²) >= 11 is 5.96. The minimum Gasteiger partial charge on any atom is -0.496 e. The summed E-state index contributed by atoms with van der Waals surface area (Å²) in [6.45, 7) is 0. The van der Waals surface area contributed by atoms with Crippen molar-refractivity contribution in [3.8, 4) is 5.75 Å². The maximum atomic E-state index is 12.8. The second-order valence-electron chi connectivity index (χ2n) is 6.64. The number of hydrogen-bond donors (Lipinski definition) is 2. The highest BCUT2D eigenvalue weighted by Gasteiger charge is 2.27. The first-order valence-electron chi connectivity index (χ1n) is 8.90. The predicted octanol–water partition coefficient (Wildman–Crippen LogP) is 3.85. The van der Waals surface area contributed by atoms with Gasteiger partial charge in [0.15, 0.2) is 0 Å². The third kappa shape index (κ3) is 3.64. The van der Waals surface area contributed by atoms with Crippen LogP contribution in [0.4, 0.5) is 0 Å². The molecule has 0 aliphatic heterocycles. The van der Waals surface area contributed by atoms with Crippen molar-refractivity contribution in [3.05, 3.63) is 70.4 Å². The number of carbonyl (C=O) groups is 2. The molecule has 2 amide bonds. The van der Waals surface area contributed by atoms with E-state index in [4.69, 9.17) is 16.3 Å². The summed E-state index contributed by atoms with van der Waals surface area (Å²) in [4.78, 5) is 29.9. The first kappa shape index (κ1) is 18.3. The molecule has 1 aromatic heterocycles. The Morgan fingerprint density at radius 2 is 1.75 bits per heavy atom. The average Bonchev–Trinajstić information content (AvgIpc) is 3.56.